The van der Waals surface area contributed by atoms with Gasteiger partial charge in [0.2, 0.25) is 0 Å². The second-order valence-corrected chi connectivity index (χ2v) is 7.21. The minimum absolute atomic E-state index is 0.382. The van der Waals surface area contributed by atoms with Gasteiger partial charge in [-0.1, -0.05) is 60.7 Å². The monoisotopic (exact) mass is 394 g/mol. The molecular weight excluding hydrogens is 372 g/mol. The zero-order valence-electron chi connectivity index (χ0n) is 16.8. The van der Waals surface area contributed by atoms with Crippen LogP contribution in [0.4, 0.5) is 0 Å². The number of hydrogen-bond acceptors (Lipinski definition) is 3. The molecule has 1 aromatic heterocycles. The van der Waals surface area contributed by atoms with Gasteiger partial charge in [0.05, 0.1) is 24.7 Å². The highest BCUT2D eigenvalue weighted by Crippen LogP contribution is 2.25. The number of rotatable bonds is 6. The number of para-hydroxylation sites is 2. The van der Waals surface area contributed by atoms with Gasteiger partial charge in [-0.05, 0) is 40.6 Å². The van der Waals surface area contributed by atoms with Crippen molar-refractivity contribution >= 4 is 21.8 Å². The molecule has 4 heteroatoms. The van der Waals surface area contributed by atoms with Crippen molar-refractivity contribution in [3.8, 4) is 11.5 Å². The Balaban J connectivity index is 1.52. The maximum Gasteiger partial charge on any atom is 0.148 e. The largest absolute Gasteiger partial charge is 0.497 e. The minimum Gasteiger partial charge on any atom is -0.497 e. The highest BCUT2D eigenvalue weighted by molar-refractivity contribution is 5.86. The molecule has 4 aromatic carbocycles. The second kappa shape index (κ2) is 7.91. The smallest absolute Gasteiger partial charge is 0.148 e. The molecule has 0 N–H and O–H groups in total. The summed E-state index contributed by atoms with van der Waals surface area (Å²) in [5.41, 5.74) is 3.34. The number of aromatic nitrogens is 2. The van der Waals surface area contributed by atoms with Crippen LogP contribution < -0.4 is 9.47 Å². The van der Waals surface area contributed by atoms with E-state index < -0.39 is 0 Å². The summed E-state index contributed by atoms with van der Waals surface area (Å²) in [4.78, 5) is 4.85. The molecular formula is C26H22N2O2. The Morgan fingerprint density at radius 3 is 2.50 bits per heavy atom. The molecule has 30 heavy (non-hydrogen) atoms. The predicted octanol–water partition coefficient (Wildman–Crippen LogP) is 5.83. The average Bonchev–Trinajstić information content (AvgIpc) is 3.15. The summed E-state index contributed by atoms with van der Waals surface area (Å²) in [7, 11) is 1.66. The van der Waals surface area contributed by atoms with Crippen LogP contribution in [0, 0.1) is 0 Å². The molecule has 0 amide bonds. The summed E-state index contributed by atoms with van der Waals surface area (Å²) in [6.45, 7) is 1.12. The lowest BCUT2D eigenvalue weighted by Crippen LogP contribution is -2.08. The molecule has 0 aliphatic carbocycles. The van der Waals surface area contributed by atoms with Gasteiger partial charge in [0.25, 0.3) is 0 Å². The molecule has 0 saturated carbocycles. The van der Waals surface area contributed by atoms with Crippen molar-refractivity contribution in [2.24, 2.45) is 0 Å². The normalized spacial score (nSPS) is 11.1. The van der Waals surface area contributed by atoms with E-state index in [1.54, 1.807) is 7.11 Å². The zero-order chi connectivity index (χ0) is 20.3. The number of fused-ring (bicyclic) bond motifs is 2. The summed E-state index contributed by atoms with van der Waals surface area (Å²) < 4.78 is 13.6. The van der Waals surface area contributed by atoms with Crippen LogP contribution in [-0.2, 0) is 13.2 Å². The number of methoxy groups -OCH3 is 1. The van der Waals surface area contributed by atoms with Crippen LogP contribution in [-0.4, -0.2) is 16.7 Å². The number of ether oxygens (including phenoxy) is 2. The fourth-order valence-corrected chi connectivity index (χ4v) is 3.85. The van der Waals surface area contributed by atoms with Crippen molar-refractivity contribution in [1.82, 2.24) is 9.55 Å². The third-order valence-corrected chi connectivity index (χ3v) is 5.35. The molecule has 0 fully saturated rings. The van der Waals surface area contributed by atoms with Crippen LogP contribution >= 0.6 is 0 Å². The van der Waals surface area contributed by atoms with E-state index in [0.29, 0.717) is 6.61 Å². The quantitative estimate of drug-likeness (QED) is 0.364. The Morgan fingerprint density at radius 2 is 1.57 bits per heavy atom. The Morgan fingerprint density at radius 1 is 0.800 bits per heavy atom. The molecule has 0 aliphatic rings. The van der Waals surface area contributed by atoms with Gasteiger partial charge < -0.3 is 14.0 Å². The second-order valence-electron chi connectivity index (χ2n) is 7.21. The van der Waals surface area contributed by atoms with Crippen molar-refractivity contribution in [3.05, 3.63) is 102 Å². The number of imidazole rings is 1. The lowest BCUT2D eigenvalue weighted by molar-refractivity contribution is 0.289. The Labute approximate surface area is 175 Å². The van der Waals surface area contributed by atoms with E-state index in [2.05, 4.69) is 59.2 Å². The lowest BCUT2D eigenvalue weighted by Gasteiger charge is -2.13. The van der Waals surface area contributed by atoms with Crippen LogP contribution in [0.1, 0.15) is 11.4 Å². The van der Waals surface area contributed by atoms with Crippen molar-refractivity contribution < 1.29 is 9.47 Å². The van der Waals surface area contributed by atoms with E-state index in [1.807, 2.05) is 36.4 Å². The number of benzene rings is 4. The first-order valence-corrected chi connectivity index (χ1v) is 9.99. The molecule has 4 nitrogen and oxygen atoms in total. The molecule has 0 radical (unpaired) electrons. The van der Waals surface area contributed by atoms with E-state index in [0.717, 1.165) is 34.9 Å². The predicted molar refractivity (Wildman–Crippen MR) is 120 cm³/mol. The SMILES string of the molecule is COc1cccc(OCc2nc3ccccc3n2Cc2cccc3ccccc23)c1. The van der Waals surface area contributed by atoms with E-state index in [1.165, 1.54) is 16.3 Å². The topological polar surface area (TPSA) is 36.3 Å². The number of nitrogens with zero attached hydrogens (tertiary/aromatic N) is 2. The Hall–Kier alpha value is -3.79. The maximum atomic E-state index is 6.07. The van der Waals surface area contributed by atoms with Gasteiger partial charge in [0.15, 0.2) is 0 Å². The Kier molecular flexibility index (Phi) is 4.81. The van der Waals surface area contributed by atoms with Crippen molar-refractivity contribution in [2.75, 3.05) is 7.11 Å². The van der Waals surface area contributed by atoms with E-state index in [9.17, 15) is 0 Å². The lowest BCUT2D eigenvalue weighted by atomic mass is 10.0. The van der Waals surface area contributed by atoms with E-state index >= 15 is 0 Å². The van der Waals surface area contributed by atoms with Gasteiger partial charge in [-0.2, -0.15) is 0 Å². The highest BCUT2D eigenvalue weighted by atomic mass is 16.5. The van der Waals surface area contributed by atoms with Gasteiger partial charge in [-0.15, -0.1) is 0 Å². The van der Waals surface area contributed by atoms with Gasteiger partial charge in [0.1, 0.15) is 23.9 Å². The highest BCUT2D eigenvalue weighted by Gasteiger charge is 2.13. The van der Waals surface area contributed by atoms with Crippen molar-refractivity contribution in [1.29, 1.82) is 0 Å². The third-order valence-electron chi connectivity index (χ3n) is 5.35. The molecule has 0 spiro atoms. The third kappa shape index (κ3) is 3.48. The van der Waals surface area contributed by atoms with Gasteiger partial charge in [0, 0.05) is 6.07 Å². The van der Waals surface area contributed by atoms with Crippen molar-refractivity contribution in [3.63, 3.8) is 0 Å². The first-order valence-electron chi connectivity index (χ1n) is 9.99. The van der Waals surface area contributed by atoms with Crippen LogP contribution in [0.25, 0.3) is 21.8 Å². The fraction of sp³-hybridized carbons (Fsp3) is 0.115. The van der Waals surface area contributed by atoms with Crippen LogP contribution in [0.5, 0.6) is 11.5 Å². The van der Waals surface area contributed by atoms with E-state index in [4.69, 9.17) is 14.5 Å². The minimum atomic E-state index is 0.382. The molecule has 5 aromatic rings. The Bertz CT molecular complexity index is 1320. The van der Waals surface area contributed by atoms with Crippen LogP contribution in [0.15, 0.2) is 91.0 Å². The molecule has 0 bridgehead atoms. The molecule has 0 unspecified atom stereocenters. The van der Waals surface area contributed by atoms with Gasteiger partial charge in [-0.3, -0.25) is 0 Å². The molecule has 0 atom stereocenters. The summed E-state index contributed by atoms with van der Waals surface area (Å²) in [6, 6.07) is 30.8. The standard InChI is InChI=1S/C26H22N2O2/c1-29-21-11-7-12-22(16-21)30-18-26-27-24-14-4-5-15-25(24)28(26)17-20-10-6-9-19-8-2-3-13-23(19)20/h2-16H,17-18H2,1H3. The van der Waals surface area contributed by atoms with Crippen LogP contribution in [0.3, 0.4) is 0 Å². The summed E-state index contributed by atoms with van der Waals surface area (Å²) in [5, 5.41) is 2.51. The molecule has 148 valence electrons. The van der Waals surface area contributed by atoms with E-state index in [-0.39, 0.29) is 0 Å². The number of hydrogen-bond donors (Lipinski definition) is 0. The fourth-order valence-electron chi connectivity index (χ4n) is 3.85. The molecule has 5 rings (SSSR count). The van der Waals surface area contributed by atoms with Crippen molar-refractivity contribution in [2.45, 2.75) is 13.2 Å². The molecule has 1 heterocycles. The average molecular weight is 394 g/mol. The summed E-state index contributed by atoms with van der Waals surface area (Å²) in [6.07, 6.45) is 0. The van der Waals surface area contributed by atoms with Gasteiger partial charge in [-0.25, -0.2) is 4.98 Å². The van der Waals surface area contributed by atoms with Crippen LogP contribution in [0.2, 0.25) is 0 Å². The molecule has 0 saturated heterocycles. The first kappa shape index (κ1) is 18.3. The summed E-state index contributed by atoms with van der Waals surface area (Å²) >= 11 is 0. The maximum absolute atomic E-state index is 6.07. The first-order chi connectivity index (χ1) is 14.8. The molecule has 0 aliphatic heterocycles. The summed E-state index contributed by atoms with van der Waals surface area (Å²) in [5.74, 6) is 2.43. The van der Waals surface area contributed by atoms with Gasteiger partial charge >= 0.3 is 0 Å². The zero-order valence-corrected chi connectivity index (χ0v) is 16.8.